The van der Waals surface area contributed by atoms with E-state index in [2.05, 4.69) is 10.3 Å². The topological polar surface area (TPSA) is 62.2 Å². The van der Waals surface area contributed by atoms with Crippen molar-refractivity contribution in [3.8, 4) is 0 Å². The number of anilines is 2. The van der Waals surface area contributed by atoms with Crippen LogP contribution in [0.3, 0.4) is 0 Å². The molecule has 1 aromatic carbocycles. The van der Waals surface area contributed by atoms with Crippen LogP contribution < -0.4 is 5.32 Å². The van der Waals surface area contributed by atoms with Gasteiger partial charge in [0.15, 0.2) is 5.69 Å². The van der Waals surface area contributed by atoms with E-state index < -0.39 is 5.97 Å². The fourth-order valence-electron chi connectivity index (χ4n) is 4.16. The zero-order valence-electron chi connectivity index (χ0n) is 13.5. The highest BCUT2D eigenvalue weighted by molar-refractivity contribution is 6.31. The maximum Gasteiger partial charge on any atom is 0.354 e. The lowest BCUT2D eigenvalue weighted by Crippen LogP contribution is -2.26. The molecule has 5 heteroatoms. The normalized spacial score (nSPS) is 21.4. The summed E-state index contributed by atoms with van der Waals surface area (Å²) in [6.45, 7) is 1.97. The molecule has 0 aliphatic heterocycles. The smallest absolute Gasteiger partial charge is 0.354 e. The molecule has 1 aromatic heterocycles. The van der Waals surface area contributed by atoms with Crippen molar-refractivity contribution in [1.29, 1.82) is 0 Å². The zero-order chi connectivity index (χ0) is 16.8. The van der Waals surface area contributed by atoms with E-state index in [1.54, 1.807) is 6.20 Å². The Morgan fingerprint density at radius 2 is 1.88 bits per heavy atom. The van der Waals surface area contributed by atoms with Crippen LogP contribution in [0.4, 0.5) is 11.4 Å². The Morgan fingerprint density at radius 1 is 1.21 bits per heavy atom. The van der Waals surface area contributed by atoms with E-state index in [1.807, 2.05) is 25.1 Å². The van der Waals surface area contributed by atoms with Crippen LogP contribution in [-0.4, -0.2) is 16.1 Å². The van der Waals surface area contributed by atoms with Crippen LogP contribution in [0.5, 0.6) is 0 Å². The van der Waals surface area contributed by atoms with Gasteiger partial charge in [0.1, 0.15) is 0 Å². The minimum atomic E-state index is -0.927. The Hall–Kier alpha value is -2.07. The van der Waals surface area contributed by atoms with Crippen LogP contribution in [0.25, 0.3) is 0 Å². The molecular formula is C19H19ClN2O2. The second-order valence-corrected chi connectivity index (χ2v) is 7.20. The summed E-state index contributed by atoms with van der Waals surface area (Å²) >= 11 is 6.22. The summed E-state index contributed by atoms with van der Waals surface area (Å²) in [4.78, 5) is 15.9. The SMILES string of the molecule is Cc1ccc(Nc2cnc(C(=O)O)c3c2C2CCC3CC2)cc1Cl. The molecule has 1 saturated carbocycles. The second-order valence-electron chi connectivity index (χ2n) is 6.79. The predicted octanol–water partition coefficient (Wildman–Crippen LogP) is 5.24. The summed E-state index contributed by atoms with van der Waals surface area (Å²) in [5.41, 5.74) is 5.19. The van der Waals surface area contributed by atoms with Gasteiger partial charge in [0.25, 0.3) is 0 Å². The van der Waals surface area contributed by atoms with Crippen molar-refractivity contribution < 1.29 is 9.90 Å². The first kappa shape index (κ1) is 15.5. The number of aryl methyl sites for hydroxylation is 1. The molecule has 5 rings (SSSR count). The molecule has 1 heterocycles. The summed E-state index contributed by atoms with van der Waals surface area (Å²) in [5.74, 6) is -0.176. The maximum atomic E-state index is 11.6. The van der Waals surface area contributed by atoms with Crippen molar-refractivity contribution in [2.24, 2.45) is 0 Å². The van der Waals surface area contributed by atoms with Gasteiger partial charge < -0.3 is 10.4 Å². The van der Waals surface area contributed by atoms with Crippen LogP contribution in [0.15, 0.2) is 24.4 Å². The number of benzene rings is 1. The first-order valence-electron chi connectivity index (χ1n) is 8.34. The number of carboxylic acids is 1. The predicted molar refractivity (Wildman–Crippen MR) is 94.6 cm³/mol. The quantitative estimate of drug-likeness (QED) is 0.800. The summed E-state index contributed by atoms with van der Waals surface area (Å²) in [7, 11) is 0. The molecule has 0 spiro atoms. The van der Waals surface area contributed by atoms with E-state index in [1.165, 1.54) is 0 Å². The fourth-order valence-corrected chi connectivity index (χ4v) is 4.34. The number of rotatable bonds is 3. The van der Waals surface area contributed by atoms with E-state index >= 15 is 0 Å². The van der Waals surface area contributed by atoms with Gasteiger partial charge in [-0.3, -0.25) is 0 Å². The van der Waals surface area contributed by atoms with Gasteiger partial charge in [-0.1, -0.05) is 17.7 Å². The third-order valence-corrected chi connectivity index (χ3v) is 5.76. The van der Waals surface area contributed by atoms with Gasteiger partial charge in [-0.2, -0.15) is 0 Å². The molecule has 2 aromatic rings. The highest BCUT2D eigenvalue weighted by Crippen LogP contribution is 2.52. The number of nitrogens with one attached hydrogen (secondary N) is 1. The minimum Gasteiger partial charge on any atom is -0.477 e. The molecule has 2 N–H and O–H groups in total. The summed E-state index contributed by atoms with van der Waals surface area (Å²) in [6, 6.07) is 5.86. The highest BCUT2D eigenvalue weighted by Gasteiger charge is 2.38. The lowest BCUT2D eigenvalue weighted by molar-refractivity contribution is 0.0687. The van der Waals surface area contributed by atoms with Crippen molar-refractivity contribution in [3.63, 3.8) is 0 Å². The van der Waals surface area contributed by atoms with E-state index in [0.29, 0.717) is 16.9 Å². The van der Waals surface area contributed by atoms with E-state index in [9.17, 15) is 9.90 Å². The van der Waals surface area contributed by atoms with Crippen LogP contribution in [0.2, 0.25) is 5.02 Å². The lowest BCUT2D eigenvalue weighted by atomic mass is 9.66. The number of carbonyl (C=O) groups is 1. The number of pyridine rings is 1. The number of carboxylic acid groups (broad SMARTS) is 1. The van der Waals surface area contributed by atoms with Crippen molar-refractivity contribution in [1.82, 2.24) is 4.98 Å². The average molecular weight is 343 g/mol. The number of fused-ring (bicyclic) bond motifs is 2. The van der Waals surface area contributed by atoms with Crippen LogP contribution in [0, 0.1) is 6.92 Å². The van der Waals surface area contributed by atoms with Crippen LogP contribution >= 0.6 is 11.6 Å². The average Bonchev–Trinajstić information content (AvgIpc) is 2.59. The van der Waals surface area contributed by atoms with E-state index in [-0.39, 0.29) is 5.69 Å². The Labute approximate surface area is 145 Å². The molecule has 4 nitrogen and oxygen atoms in total. The van der Waals surface area contributed by atoms with Gasteiger partial charge in [-0.15, -0.1) is 0 Å². The van der Waals surface area contributed by atoms with E-state index in [4.69, 9.17) is 11.6 Å². The molecule has 0 atom stereocenters. The molecule has 2 bridgehead atoms. The summed E-state index contributed by atoms with van der Waals surface area (Å²) in [6.07, 6.45) is 6.06. The molecular weight excluding hydrogens is 324 g/mol. The van der Waals surface area contributed by atoms with Gasteiger partial charge in [0, 0.05) is 10.7 Å². The number of halogens is 1. The molecule has 24 heavy (non-hydrogen) atoms. The first-order valence-corrected chi connectivity index (χ1v) is 8.71. The van der Waals surface area contributed by atoms with Gasteiger partial charge in [0.2, 0.25) is 0 Å². The zero-order valence-corrected chi connectivity index (χ0v) is 14.2. The standard InChI is InChI=1S/C19H19ClN2O2/c1-10-2-7-13(8-14(10)20)22-15-9-21-18(19(23)24)17-12-5-3-11(4-6-12)16(15)17/h2,7-9,11-12,22H,3-6H2,1H3,(H,23,24). The molecule has 0 unspecified atom stereocenters. The molecule has 0 radical (unpaired) electrons. The van der Waals surface area contributed by atoms with Crippen LogP contribution in [0.1, 0.15) is 64.7 Å². The molecule has 3 aliphatic rings. The number of hydrogen-bond acceptors (Lipinski definition) is 3. The van der Waals surface area contributed by atoms with Gasteiger partial charge in [-0.25, -0.2) is 9.78 Å². The minimum absolute atomic E-state index is 0.229. The van der Waals surface area contributed by atoms with Gasteiger partial charge in [-0.05, 0) is 73.3 Å². The number of aromatic carboxylic acids is 1. The van der Waals surface area contributed by atoms with Crippen molar-refractivity contribution in [2.75, 3.05) is 5.32 Å². The Morgan fingerprint density at radius 3 is 2.50 bits per heavy atom. The Bertz CT molecular complexity index is 826. The monoisotopic (exact) mass is 342 g/mol. The summed E-state index contributed by atoms with van der Waals surface area (Å²) < 4.78 is 0. The summed E-state index contributed by atoms with van der Waals surface area (Å²) in [5, 5.41) is 13.6. The number of aromatic nitrogens is 1. The lowest BCUT2D eigenvalue weighted by Gasteiger charge is -2.39. The van der Waals surface area contributed by atoms with Crippen LogP contribution in [-0.2, 0) is 0 Å². The third-order valence-electron chi connectivity index (χ3n) is 5.36. The Balaban J connectivity index is 1.81. The molecule has 1 fully saturated rings. The van der Waals surface area contributed by atoms with Crippen molar-refractivity contribution in [3.05, 3.63) is 51.8 Å². The van der Waals surface area contributed by atoms with Gasteiger partial charge >= 0.3 is 5.97 Å². The fraction of sp³-hybridized carbons (Fsp3) is 0.368. The van der Waals surface area contributed by atoms with E-state index in [0.717, 1.165) is 53.7 Å². The molecule has 0 amide bonds. The second kappa shape index (κ2) is 5.78. The molecule has 3 aliphatic carbocycles. The highest BCUT2D eigenvalue weighted by atomic mass is 35.5. The molecule has 0 saturated heterocycles. The van der Waals surface area contributed by atoms with Gasteiger partial charge in [0.05, 0.1) is 11.9 Å². The first-order chi connectivity index (χ1) is 11.5. The van der Waals surface area contributed by atoms with Crippen molar-refractivity contribution in [2.45, 2.75) is 44.4 Å². The molecule has 124 valence electrons. The van der Waals surface area contributed by atoms with Crippen molar-refractivity contribution >= 4 is 28.9 Å². The Kier molecular flexibility index (Phi) is 3.72. The number of hydrogen-bond donors (Lipinski definition) is 2. The maximum absolute atomic E-state index is 11.6. The third kappa shape index (κ3) is 2.46. The number of nitrogens with zero attached hydrogens (tertiary/aromatic N) is 1. The largest absolute Gasteiger partial charge is 0.477 e.